The zero-order valence-electron chi connectivity index (χ0n) is 14.9. The molecule has 1 aliphatic rings. The van der Waals surface area contributed by atoms with Gasteiger partial charge in [-0.15, -0.1) is 0 Å². The van der Waals surface area contributed by atoms with E-state index < -0.39 is 0 Å². The fourth-order valence-corrected chi connectivity index (χ4v) is 3.29. The number of likely N-dealkylation sites (N-methyl/N-ethyl adjacent to an activating group) is 1. The normalized spacial score (nSPS) is 15.9. The Bertz CT molecular complexity index is 690. The molecule has 1 aromatic carbocycles. The summed E-state index contributed by atoms with van der Waals surface area (Å²) in [6.45, 7) is 8.52. The Balaban J connectivity index is 1.91. The molecule has 1 saturated heterocycles. The van der Waals surface area contributed by atoms with E-state index in [0.29, 0.717) is 11.9 Å². The van der Waals surface area contributed by atoms with Crippen molar-refractivity contribution in [3.05, 3.63) is 47.2 Å². The molecule has 0 spiro atoms. The topological polar surface area (TPSA) is 58.3 Å². The van der Waals surface area contributed by atoms with Gasteiger partial charge in [0, 0.05) is 44.4 Å². The molecule has 1 aliphatic heterocycles. The molecule has 2 aromatic rings. The molecule has 2 N–H and O–H groups in total. The number of nitrogens with two attached hydrogens (primary N) is 1. The minimum Gasteiger partial charge on any atom is -0.368 e. The monoisotopic (exact) mass is 325 g/mol. The molecule has 0 bridgehead atoms. The van der Waals surface area contributed by atoms with Crippen LogP contribution in [0.5, 0.6) is 0 Å². The molecule has 5 heteroatoms. The van der Waals surface area contributed by atoms with Crippen LogP contribution >= 0.6 is 0 Å². The lowest BCUT2D eigenvalue weighted by Crippen LogP contribution is -2.45. The first-order chi connectivity index (χ1) is 11.5. The second-order valence-corrected chi connectivity index (χ2v) is 6.90. The molecule has 5 nitrogen and oxygen atoms in total. The zero-order valence-corrected chi connectivity index (χ0v) is 14.9. The van der Waals surface area contributed by atoms with Gasteiger partial charge >= 0.3 is 0 Å². The number of rotatable bonds is 4. The van der Waals surface area contributed by atoms with E-state index in [1.807, 2.05) is 6.20 Å². The summed E-state index contributed by atoms with van der Waals surface area (Å²) in [6, 6.07) is 8.64. The van der Waals surface area contributed by atoms with Crippen LogP contribution in [0.15, 0.2) is 30.5 Å². The summed E-state index contributed by atoms with van der Waals surface area (Å²) in [5.74, 6) is 1.85. The lowest BCUT2D eigenvalue weighted by atomic mass is 9.93. The van der Waals surface area contributed by atoms with Crippen LogP contribution in [0.3, 0.4) is 0 Å². The van der Waals surface area contributed by atoms with Crippen LogP contribution in [-0.2, 0) is 6.42 Å². The maximum absolute atomic E-state index is 5.87. The van der Waals surface area contributed by atoms with Crippen LogP contribution in [-0.4, -0.2) is 48.1 Å². The maximum atomic E-state index is 5.87. The molecule has 0 radical (unpaired) electrons. The highest BCUT2D eigenvalue weighted by Crippen LogP contribution is 2.26. The predicted octanol–water partition coefficient (Wildman–Crippen LogP) is 2.52. The molecule has 0 atom stereocenters. The highest BCUT2D eigenvalue weighted by molar-refractivity contribution is 5.51. The molecule has 0 unspecified atom stereocenters. The largest absolute Gasteiger partial charge is 0.368 e. The second-order valence-electron chi connectivity index (χ2n) is 6.90. The number of benzene rings is 1. The molecule has 3 rings (SSSR count). The predicted molar refractivity (Wildman–Crippen MR) is 99.5 cm³/mol. The molecular weight excluding hydrogens is 298 g/mol. The Hall–Kier alpha value is -2.14. The third-order valence-electron chi connectivity index (χ3n) is 4.72. The Labute approximate surface area is 144 Å². The lowest BCUT2D eigenvalue weighted by molar-refractivity contribution is 0.312. The average Bonchev–Trinajstić information content (AvgIpc) is 2.57. The van der Waals surface area contributed by atoms with E-state index in [9.17, 15) is 0 Å². The van der Waals surface area contributed by atoms with Gasteiger partial charge in [-0.1, -0.05) is 38.1 Å². The molecule has 1 fully saturated rings. The molecule has 0 amide bonds. The summed E-state index contributed by atoms with van der Waals surface area (Å²) in [5, 5.41) is 0. The first kappa shape index (κ1) is 16.7. The summed E-state index contributed by atoms with van der Waals surface area (Å²) in [4.78, 5) is 13.5. The molecule has 0 aliphatic carbocycles. The number of aromatic nitrogens is 2. The summed E-state index contributed by atoms with van der Waals surface area (Å²) in [6.07, 6.45) is 2.74. The first-order valence-corrected chi connectivity index (χ1v) is 8.67. The number of hydrogen-bond donors (Lipinski definition) is 1. The first-order valence-electron chi connectivity index (χ1n) is 8.67. The van der Waals surface area contributed by atoms with E-state index in [4.69, 9.17) is 5.73 Å². The number of nitrogen functional groups attached to an aromatic ring is 1. The van der Waals surface area contributed by atoms with Crippen molar-refractivity contribution in [3.63, 3.8) is 0 Å². The number of nitrogens with zero attached hydrogens (tertiary/aromatic N) is 4. The van der Waals surface area contributed by atoms with E-state index in [-0.39, 0.29) is 0 Å². The highest BCUT2D eigenvalue weighted by atomic mass is 15.3. The van der Waals surface area contributed by atoms with E-state index in [1.165, 1.54) is 11.1 Å². The van der Waals surface area contributed by atoms with Crippen molar-refractivity contribution in [2.75, 3.05) is 43.9 Å². The third-order valence-corrected chi connectivity index (χ3v) is 4.72. The van der Waals surface area contributed by atoms with Crippen LogP contribution < -0.4 is 10.6 Å². The van der Waals surface area contributed by atoms with Crippen LogP contribution in [0, 0.1) is 0 Å². The van der Waals surface area contributed by atoms with Gasteiger partial charge in [0.2, 0.25) is 5.95 Å². The van der Waals surface area contributed by atoms with Gasteiger partial charge in [0.05, 0.1) is 0 Å². The molecule has 0 saturated carbocycles. The number of hydrogen-bond acceptors (Lipinski definition) is 5. The Kier molecular flexibility index (Phi) is 5.00. The van der Waals surface area contributed by atoms with Gasteiger partial charge in [-0.3, -0.25) is 0 Å². The minimum atomic E-state index is 0.352. The SMILES string of the molecule is CC(C)c1ccccc1Cc1cnc(N)nc1N1CCN(C)CC1. The van der Waals surface area contributed by atoms with Crippen LogP contribution in [0.2, 0.25) is 0 Å². The summed E-state index contributed by atoms with van der Waals surface area (Å²) < 4.78 is 0. The maximum Gasteiger partial charge on any atom is 0.221 e. The van der Waals surface area contributed by atoms with E-state index in [1.54, 1.807) is 0 Å². The van der Waals surface area contributed by atoms with Crippen LogP contribution in [0.1, 0.15) is 36.5 Å². The number of piperazine rings is 1. The van der Waals surface area contributed by atoms with Crippen molar-refractivity contribution >= 4 is 11.8 Å². The van der Waals surface area contributed by atoms with Crippen molar-refractivity contribution in [3.8, 4) is 0 Å². The van der Waals surface area contributed by atoms with Gasteiger partial charge in [-0.05, 0) is 24.1 Å². The zero-order chi connectivity index (χ0) is 17.1. The van der Waals surface area contributed by atoms with E-state index in [0.717, 1.165) is 44.0 Å². The molecule has 24 heavy (non-hydrogen) atoms. The van der Waals surface area contributed by atoms with Crippen molar-refractivity contribution in [2.45, 2.75) is 26.2 Å². The molecule has 1 aromatic heterocycles. The fraction of sp³-hybridized carbons (Fsp3) is 0.474. The van der Waals surface area contributed by atoms with E-state index in [2.05, 4.69) is 64.9 Å². The quantitative estimate of drug-likeness (QED) is 0.936. The van der Waals surface area contributed by atoms with Crippen molar-refractivity contribution in [1.29, 1.82) is 0 Å². The van der Waals surface area contributed by atoms with Gasteiger partial charge in [-0.25, -0.2) is 4.98 Å². The third kappa shape index (κ3) is 3.67. The average molecular weight is 325 g/mol. The fourth-order valence-electron chi connectivity index (χ4n) is 3.29. The Morgan fingerprint density at radius 1 is 1.08 bits per heavy atom. The molecule has 128 valence electrons. The highest BCUT2D eigenvalue weighted by Gasteiger charge is 2.20. The summed E-state index contributed by atoms with van der Waals surface area (Å²) >= 11 is 0. The van der Waals surface area contributed by atoms with Gasteiger partial charge in [0.15, 0.2) is 0 Å². The number of anilines is 2. The Morgan fingerprint density at radius 2 is 1.79 bits per heavy atom. The molecular formula is C19H27N5. The standard InChI is InChI=1S/C19H27N5/c1-14(2)17-7-5-4-6-15(17)12-16-13-21-19(20)22-18(16)24-10-8-23(3)9-11-24/h4-7,13-14H,8-12H2,1-3H3,(H2,20,21,22). The van der Waals surface area contributed by atoms with Gasteiger partial charge in [0.1, 0.15) is 5.82 Å². The lowest BCUT2D eigenvalue weighted by Gasteiger charge is -2.34. The van der Waals surface area contributed by atoms with Crippen LogP contribution in [0.4, 0.5) is 11.8 Å². The van der Waals surface area contributed by atoms with Gasteiger partial charge in [0.25, 0.3) is 0 Å². The van der Waals surface area contributed by atoms with Crippen LogP contribution in [0.25, 0.3) is 0 Å². The minimum absolute atomic E-state index is 0.352. The van der Waals surface area contributed by atoms with Crippen molar-refractivity contribution in [1.82, 2.24) is 14.9 Å². The van der Waals surface area contributed by atoms with Gasteiger partial charge in [-0.2, -0.15) is 4.98 Å². The Morgan fingerprint density at radius 3 is 2.50 bits per heavy atom. The van der Waals surface area contributed by atoms with E-state index >= 15 is 0 Å². The molecule has 2 heterocycles. The van der Waals surface area contributed by atoms with Crippen molar-refractivity contribution in [2.24, 2.45) is 0 Å². The summed E-state index contributed by atoms with van der Waals surface area (Å²) in [7, 11) is 2.16. The van der Waals surface area contributed by atoms with Crippen molar-refractivity contribution < 1.29 is 0 Å². The summed E-state index contributed by atoms with van der Waals surface area (Å²) in [5.41, 5.74) is 9.76. The second kappa shape index (κ2) is 7.18. The smallest absolute Gasteiger partial charge is 0.221 e. The van der Waals surface area contributed by atoms with Gasteiger partial charge < -0.3 is 15.5 Å².